The molecule has 1 saturated carbocycles. The summed E-state index contributed by atoms with van der Waals surface area (Å²) in [6, 6.07) is 12.6. The number of carbonyl (C=O) groups is 1. The Hall–Kier alpha value is -1.86. The molecule has 2 aromatic carbocycles. The summed E-state index contributed by atoms with van der Waals surface area (Å²) in [6.07, 6.45) is 2.50. The summed E-state index contributed by atoms with van der Waals surface area (Å²) in [5.41, 5.74) is 2.35. The van der Waals surface area contributed by atoms with Gasteiger partial charge in [0, 0.05) is 5.39 Å². The van der Waals surface area contributed by atoms with Gasteiger partial charge in [-0.1, -0.05) is 55.9 Å². The Morgan fingerprint density at radius 2 is 1.88 bits per heavy atom. The maximum absolute atomic E-state index is 10.9. The maximum atomic E-state index is 10.9. The highest BCUT2D eigenvalue weighted by Gasteiger charge is 2.26. The van der Waals surface area contributed by atoms with E-state index in [1.807, 2.05) is 24.5 Å². The van der Waals surface area contributed by atoms with Crippen molar-refractivity contribution in [3.63, 3.8) is 0 Å². The van der Waals surface area contributed by atoms with Crippen LogP contribution in [0.2, 0.25) is 0 Å². The summed E-state index contributed by atoms with van der Waals surface area (Å²) < 4.78 is 2.44. The number of rotatable bonds is 5. The van der Waals surface area contributed by atoms with Crippen molar-refractivity contribution in [3.8, 4) is 5.69 Å². The monoisotopic (exact) mass is 433 g/mol. The van der Waals surface area contributed by atoms with E-state index in [1.165, 1.54) is 23.8 Å². The highest BCUT2D eigenvalue weighted by Crippen LogP contribution is 2.44. The third kappa shape index (κ3) is 3.78. The molecule has 1 heterocycles. The molecule has 0 spiro atoms. The smallest absolute Gasteiger partial charge is 0.313 e. The number of aromatic nitrogens is 3. The molecule has 0 saturated heterocycles. The molecule has 1 N–H and O–H groups in total. The van der Waals surface area contributed by atoms with Gasteiger partial charge in [0.15, 0.2) is 5.16 Å². The van der Waals surface area contributed by atoms with Crippen molar-refractivity contribution >= 4 is 44.4 Å². The van der Waals surface area contributed by atoms with Gasteiger partial charge in [0.25, 0.3) is 0 Å². The third-order valence-electron chi connectivity index (χ3n) is 4.11. The van der Waals surface area contributed by atoms with Crippen molar-refractivity contribution < 1.29 is 9.90 Å². The minimum Gasteiger partial charge on any atom is -0.481 e. The molecule has 0 amide bonds. The summed E-state index contributed by atoms with van der Waals surface area (Å²) in [5, 5.41) is 20.0. The van der Waals surface area contributed by atoms with Gasteiger partial charge in [-0.2, -0.15) is 0 Å². The minimum atomic E-state index is -0.875. The number of carboxylic acid groups (broad SMARTS) is 1. The predicted molar refractivity (Wildman–Crippen MR) is 108 cm³/mol. The van der Waals surface area contributed by atoms with E-state index in [0.29, 0.717) is 15.8 Å². The molecule has 5 nitrogen and oxygen atoms in total. The van der Waals surface area contributed by atoms with Crippen LogP contribution >= 0.6 is 27.7 Å². The van der Waals surface area contributed by atoms with Crippen molar-refractivity contribution in [1.29, 1.82) is 0 Å². The van der Waals surface area contributed by atoms with Gasteiger partial charge in [0.05, 0.1) is 11.4 Å². The lowest BCUT2D eigenvalue weighted by molar-refractivity contribution is -0.133. The normalized spacial score (nSPS) is 13.3. The summed E-state index contributed by atoms with van der Waals surface area (Å²) in [7, 11) is 0. The quantitative estimate of drug-likeness (QED) is 0.555. The van der Waals surface area contributed by atoms with E-state index in [9.17, 15) is 4.79 Å². The van der Waals surface area contributed by atoms with Crippen LogP contribution in [-0.2, 0) is 4.79 Å². The Labute approximate surface area is 164 Å². The number of hydrogen-bond acceptors (Lipinski definition) is 4. The molecule has 1 aliphatic rings. The number of halogens is 1. The molecule has 1 aromatic heterocycles. The van der Waals surface area contributed by atoms with E-state index in [-0.39, 0.29) is 5.75 Å². The zero-order valence-electron chi connectivity index (χ0n) is 14.6. The van der Waals surface area contributed by atoms with Crippen LogP contribution in [0.15, 0.2) is 46.3 Å². The van der Waals surface area contributed by atoms with E-state index in [1.54, 1.807) is 0 Å². The predicted octanol–water partition coefficient (Wildman–Crippen LogP) is 5.26. The van der Waals surface area contributed by atoms with Gasteiger partial charge in [0.2, 0.25) is 4.73 Å². The van der Waals surface area contributed by atoms with Gasteiger partial charge in [0.1, 0.15) is 0 Å². The summed E-state index contributed by atoms with van der Waals surface area (Å²) in [6.45, 7) is 4.00. The van der Waals surface area contributed by atoms with Gasteiger partial charge in [-0.15, -0.1) is 10.2 Å². The van der Waals surface area contributed by atoms with Gasteiger partial charge in [-0.05, 0) is 51.7 Å². The molecule has 4 rings (SSSR count). The summed E-state index contributed by atoms with van der Waals surface area (Å²) >= 11 is 4.60. The first kappa shape index (κ1) is 18.9. The van der Waals surface area contributed by atoms with Crippen molar-refractivity contribution in [2.24, 2.45) is 0 Å². The second kappa shape index (κ2) is 8.22. The van der Waals surface area contributed by atoms with Crippen LogP contribution < -0.4 is 0 Å². The highest BCUT2D eigenvalue weighted by molar-refractivity contribution is 9.10. The van der Waals surface area contributed by atoms with Crippen LogP contribution in [0.3, 0.4) is 0 Å². The lowest BCUT2D eigenvalue weighted by atomic mass is 9.99. The SMILES string of the molecule is CC.O=C(O)CSc1nnc(Br)n1-c1ccc(C2CC2)c2ccccc12. The molecule has 0 atom stereocenters. The second-order valence-corrected chi connectivity index (χ2v) is 7.41. The van der Waals surface area contributed by atoms with Crippen LogP contribution in [0.25, 0.3) is 16.5 Å². The molecular weight excluding hydrogens is 414 g/mol. The number of benzene rings is 2. The van der Waals surface area contributed by atoms with Crippen LogP contribution in [0.4, 0.5) is 0 Å². The Bertz CT molecular complexity index is 938. The number of thioether (sulfide) groups is 1. The minimum absolute atomic E-state index is 0.0524. The number of hydrogen-bond donors (Lipinski definition) is 1. The molecule has 136 valence electrons. The number of carboxylic acids is 1. The average molecular weight is 434 g/mol. The van der Waals surface area contributed by atoms with E-state index in [0.717, 1.165) is 22.8 Å². The first-order valence-corrected chi connectivity index (χ1v) is 10.4. The first-order chi connectivity index (χ1) is 12.6. The van der Waals surface area contributed by atoms with Crippen molar-refractivity contribution in [1.82, 2.24) is 14.8 Å². The largest absolute Gasteiger partial charge is 0.481 e. The Morgan fingerprint density at radius 3 is 2.54 bits per heavy atom. The fourth-order valence-corrected chi connectivity index (χ4v) is 4.15. The molecular formula is C19H20BrN3O2S. The van der Waals surface area contributed by atoms with Crippen molar-refractivity contribution in [3.05, 3.63) is 46.7 Å². The lowest BCUT2D eigenvalue weighted by Gasteiger charge is -2.13. The number of fused-ring (bicyclic) bond motifs is 1. The first-order valence-electron chi connectivity index (χ1n) is 8.62. The Balaban J connectivity index is 0.000000948. The van der Waals surface area contributed by atoms with Crippen molar-refractivity contribution in [2.75, 3.05) is 5.75 Å². The molecule has 7 heteroatoms. The summed E-state index contributed by atoms with van der Waals surface area (Å²) in [5.74, 6) is -0.266. The second-order valence-electron chi connectivity index (χ2n) is 5.76. The molecule has 3 aromatic rings. The lowest BCUT2D eigenvalue weighted by Crippen LogP contribution is -2.03. The van der Waals surface area contributed by atoms with E-state index < -0.39 is 5.97 Å². The molecule has 0 radical (unpaired) electrons. The fourth-order valence-electron chi connectivity index (χ4n) is 2.93. The number of nitrogens with zero attached hydrogens (tertiary/aromatic N) is 3. The van der Waals surface area contributed by atoms with Crippen LogP contribution in [0.1, 0.15) is 38.2 Å². The van der Waals surface area contributed by atoms with Gasteiger partial charge >= 0.3 is 5.97 Å². The molecule has 0 bridgehead atoms. The third-order valence-corrected chi connectivity index (χ3v) is 5.54. The molecule has 1 aliphatic carbocycles. The Kier molecular flexibility index (Phi) is 5.98. The molecule has 1 fully saturated rings. The van der Waals surface area contributed by atoms with Crippen molar-refractivity contribution in [2.45, 2.75) is 37.8 Å². The molecule has 0 aliphatic heterocycles. The van der Waals surface area contributed by atoms with Gasteiger partial charge in [-0.25, -0.2) is 0 Å². The zero-order chi connectivity index (χ0) is 18.7. The molecule has 26 heavy (non-hydrogen) atoms. The van der Waals surface area contributed by atoms with E-state index >= 15 is 0 Å². The zero-order valence-corrected chi connectivity index (χ0v) is 17.0. The van der Waals surface area contributed by atoms with E-state index in [4.69, 9.17) is 5.11 Å². The Morgan fingerprint density at radius 1 is 1.19 bits per heavy atom. The topological polar surface area (TPSA) is 68.0 Å². The summed E-state index contributed by atoms with van der Waals surface area (Å²) in [4.78, 5) is 10.9. The standard InChI is InChI=1S/C17H14BrN3O2S.C2H6/c18-16-19-20-17(24-9-15(22)23)21(16)14-8-7-11(10-5-6-10)12-3-1-2-4-13(12)14;1-2/h1-4,7-8,10H,5-6,9H2,(H,22,23);1-2H3. The van der Waals surface area contributed by atoms with Gasteiger partial charge < -0.3 is 5.11 Å². The molecule has 0 unspecified atom stereocenters. The number of aliphatic carboxylic acids is 1. The van der Waals surface area contributed by atoms with Crippen LogP contribution in [0, 0.1) is 0 Å². The maximum Gasteiger partial charge on any atom is 0.313 e. The van der Waals surface area contributed by atoms with Gasteiger partial charge in [-0.3, -0.25) is 9.36 Å². The van der Waals surface area contributed by atoms with E-state index in [2.05, 4.69) is 56.5 Å². The highest BCUT2D eigenvalue weighted by atomic mass is 79.9. The van der Waals surface area contributed by atoms with Crippen LogP contribution in [0.5, 0.6) is 0 Å². The van der Waals surface area contributed by atoms with Crippen LogP contribution in [-0.4, -0.2) is 31.6 Å². The fraction of sp³-hybridized carbons (Fsp3) is 0.316. The average Bonchev–Trinajstić information content (AvgIpc) is 3.44.